The fourth-order valence-corrected chi connectivity index (χ4v) is 3.69. The van der Waals surface area contributed by atoms with Crippen LogP contribution in [0.2, 0.25) is 0 Å². The van der Waals surface area contributed by atoms with E-state index in [0.29, 0.717) is 22.3 Å². The number of carboxylic acid groups (broad SMARTS) is 1. The zero-order valence-electron chi connectivity index (χ0n) is 16.5. The number of hydrogen-bond donors (Lipinski definition) is 5. The minimum atomic E-state index is -1.07. The number of carboxylic acids is 1. The molecule has 0 radical (unpaired) electrons. The highest BCUT2D eigenvalue weighted by molar-refractivity contribution is 6.00. The van der Waals surface area contributed by atoms with Gasteiger partial charge >= 0.3 is 5.97 Å². The number of hydrogen-bond acceptors (Lipinski definition) is 9. The molecule has 1 aromatic heterocycles. The van der Waals surface area contributed by atoms with Gasteiger partial charge in [-0.15, -0.1) is 0 Å². The molecule has 1 aliphatic heterocycles. The molecule has 0 spiro atoms. The molecule has 0 fully saturated rings. The Morgan fingerprint density at radius 1 is 1.09 bits per heavy atom. The van der Waals surface area contributed by atoms with E-state index in [-0.39, 0.29) is 34.4 Å². The van der Waals surface area contributed by atoms with Crippen molar-refractivity contribution in [3.8, 4) is 23.4 Å². The van der Waals surface area contributed by atoms with Crippen molar-refractivity contribution in [1.82, 2.24) is 10.3 Å². The number of aromatic carboxylic acids is 1. The second-order valence-corrected chi connectivity index (χ2v) is 6.84. The Hall–Kier alpha value is -5.09. The van der Waals surface area contributed by atoms with Gasteiger partial charge < -0.3 is 21.9 Å². The van der Waals surface area contributed by atoms with Crippen molar-refractivity contribution >= 4 is 29.3 Å². The molecule has 4 rings (SSSR count). The summed E-state index contributed by atoms with van der Waals surface area (Å²) < 4.78 is 0. The first-order valence-corrected chi connectivity index (χ1v) is 9.36. The van der Waals surface area contributed by atoms with Crippen LogP contribution in [0, 0.1) is 22.8 Å². The van der Waals surface area contributed by atoms with E-state index in [1.807, 2.05) is 6.07 Å². The molecule has 0 saturated heterocycles. The van der Waals surface area contributed by atoms with Gasteiger partial charge in [0.25, 0.3) is 0 Å². The molecule has 10 nitrogen and oxygen atoms in total. The summed E-state index contributed by atoms with van der Waals surface area (Å²) in [5.74, 6) is -0.768. The standard InChI is InChI=1S/C22H16N8O2/c23-9-15-17(25)16-18(28-22(27-10-24)30-20(16)29-19(15)26)13-7-3-1-5-11(13)12-6-2-4-8-14(12)21(31)32/h1-8,18H,(H,31,32)(H6,25,26,27,28,29,30). The molecule has 0 bridgehead atoms. The van der Waals surface area contributed by atoms with Gasteiger partial charge in [0.2, 0.25) is 5.96 Å². The predicted molar refractivity (Wildman–Crippen MR) is 118 cm³/mol. The fourth-order valence-electron chi connectivity index (χ4n) is 3.69. The Kier molecular flexibility index (Phi) is 5.03. The number of aromatic nitrogens is 1. The lowest BCUT2D eigenvalue weighted by Crippen LogP contribution is -2.33. The summed E-state index contributed by atoms with van der Waals surface area (Å²) in [6.45, 7) is 0. The number of fused-ring (bicyclic) bond motifs is 1. The number of nitrogens with two attached hydrogens (primary N) is 2. The van der Waals surface area contributed by atoms with Gasteiger partial charge in [-0.05, 0) is 22.8 Å². The molecule has 3 aromatic rings. The zero-order valence-corrected chi connectivity index (χ0v) is 16.5. The number of rotatable bonds is 3. The van der Waals surface area contributed by atoms with Crippen molar-refractivity contribution in [2.75, 3.05) is 16.8 Å². The summed E-state index contributed by atoms with van der Waals surface area (Å²) in [6.07, 6.45) is 1.80. The molecule has 1 aliphatic rings. The number of carbonyl (C=O) groups is 1. The van der Waals surface area contributed by atoms with Crippen molar-refractivity contribution < 1.29 is 9.90 Å². The van der Waals surface area contributed by atoms with Gasteiger partial charge in [-0.25, -0.2) is 14.8 Å². The molecule has 156 valence electrons. The molecule has 32 heavy (non-hydrogen) atoms. The number of nitrogens with zero attached hydrogens (tertiary/aromatic N) is 4. The zero-order chi connectivity index (χ0) is 22.8. The van der Waals surface area contributed by atoms with Crippen LogP contribution in [0.3, 0.4) is 0 Å². The second kappa shape index (κ2) is 7.97. The highest BCUT2D eigenvalue weighted by atomic mass is 16.4. The number of guanidine groups is 1. The largest absolute Gasteiger partial charge is 0.478 e. The summed E-state index contributed by atoms with van der Waals surface area (Å²) in [7, 11) is 0. The maximum atomic E-state index is 11.8. The highest BCUT2D eigenvalue weighted by Gasteiger charge is 2.31. The molecule has 0 saturated carbocycles. The summed E-state index contributed by atoms with van der Waals surface area (Å²) >= 11 is 0. The normalized spacial score (nSPS) is 14.2. The van der Waals surface area contributed by atoms with Crippen LogP contribution in [0.15, 0.2) is 53.5 Å². The Balaban J connectivity index is 2.01. The fraction of sp³-hybridized carbons (Fsp3) is 0.0455. The van der Waals surface area contributed by atoms with Crippen molar-refractivity contribution in [1.29, 1.82) is 10.5 Å². The molecule has 2 heterocycles. The Morgan fingerprint density at radius 2 is 1.78 bits per heavy atom. The van der Waals surface area contributed by atoms with Gasteiger partial charge in [-0.1, -0.05) is 42.5 Å². The number of nitriles is 2. The molecule has 7 N–H and O–H groups in total. The number of benzene rings is 2. The molecule has 0 aliphatic carbocycles. The monoisotopic (exact) mass is 424 g/mol. The summed E-state index contributed by atoms with van der Waals surface area (Å²) in [5, 5.41) is 33.6. The van der Waals surface area contributed by atoms with E-state index >= 15 is 0 Å². The minimum Gasteiger partial charge on any atom is -0.478 e. The second-order valence-electron chi connectivity index (χ2n) is 6.84. The van der Waals surface area contributed by atoms with Crippen LogP contribution >= 0.6 is 0 Å². The van der Waals surface area contributed by atoms with Crippen molar-refractivity contribution in [3.63, 3.8) is 0 Å². The number of pyridine rings is 1. The van der Waals surface area contributed by atoms with Gasteiger partial charge in [0.1, 0.15) is 29.3 Å². The highest BCUT2D eigenvalue weighted by Crippen LogP contribution is 2.43. The summed E-state index contributed by atoms with van der Waals surface area (Å²) in [6, 6.07) is 14.9. The van der Waals surface area contributed by atoms with Crippen LogP contribution in [0.1, 0.15) is 33.1 Å². The quantitative estimate of drug-likeness (QED) is 0.311. The van der Waals surface area contributed by atoms with E-state index in [1.165, 1.54) is 6.07 Å². The molecule has 0 amide bonds. The molecular formula is C22H16N8O2. The first-order valence-electron chi connectivity index (χ1n) is 9.36. The number of aliphatic imine (C=N–C) groups is 1. The van der Waals surface area contributed by atoms with E-state index in [1.54, 1.807) is 48.7 Å². The molecule has 10 heteroatoms. The van der Waals surface area contributed by atoms with Crippen molar-refractivity contribution in [2.45, 2.75) is 6.04 Å². The van der Waals surface area contributed by atoms with E-state index in [2.05, 4.69) is 20.6 Å². The van der Waals surface area contributed by atoms with Crippen molar-refractivity contribution in [3.05, 3.63) is 70.8 Å². The number of nitrogens with one attached hydrogen (secondary N) is 2. The lowest BCUT2D eigenvalue weighted by molar-refractivity contribution is 0.0697. The van der Waals surface area contributed by atoms with Crippen LogP contribution in [-0.4, -0.2) is 22.0 Å². The summed E-state index contributed by atoms with van der Waals surface area (Å²) in [4.78, 5) is 20.6. The van der Waals surface area contributed by atoms with E-state index < -0.39 is 12.0 Å². The predicted octanol–water partition coefficient (Wildman–Crippen LogP) is 2.42. The first kappa shape index (κ1) is 20.2. The van der Waals surface area contributed by atoms with E-state index in [9.17, 15) is 15.2 Å². The van der Waals surface area contributed by atoms with Crippen LogP contribution in [-0.2, 0) is 0 Å². The van der Waals surface area contributed by atoms with Crippen LogP contribution in [0.4, 0.5) is 17.3 Å². The van der Waals surface area contributed by atoms with Crippen molar-refractivity contribution in [2.24, 2.45) is 4.99 Å². The third kappa shape index (κ3) is 3.28. The first-order chi connectivity index (χ1) is 15.5. The van der Waals surface area contributed by atoms with Gasteiger partial charge in [0, 0.05) is 5.56 Å². The Labute approximate surface area is 182 Å². The lowest BCUT2D eigenvalue weighted by Gasteiger charge is -2.27. The minimum absolute atomic E-state index is 0.0193. The number of nitrogen functional groups attached to an aromatic ring is 2. The molecule has 2 aromatic carbocycles. The summed E-state index contributed by atoms with van der Waals surface area (Å²) in [5.41, 5.74) is 14.5. The average Bonchev–Trinajstić information content (AvgIpc) is 2.79. The average molecular weight is 424 g/mol. The molecule has 1 unspecified atom stereocenters. The van der Waals surface area contributed by atoms with Crippen LogP contribution in [0.25, 0.3) is 11.1 Å². The SMILES string of the molecule is N#CNC1=NC(c2ccccc2-c2ccccc2C(=O)O)c2c(nc(N)c(C#N)c2N)N1. The lowest BCUT2D eigenvalue weighted by atomic mass is 9.88. The third-order valence-corrected chi connectivity index (χ3v) is 5.06. The smallest absolute Gasteiger partial charge is 0.336 e. The van der Waals surface area contributed by atoms with Gasteiger partial charge in [0.15, 0.2) is 6.19 Å². The van der Waals surface area contributed by atoms with E-state index in [4.69, 9.17) is 16.7 Å². The topological polar surface area (TPSA) is 186 Å². The number of anilines is 3. The molecule has 1 atom stereocenters. The maximum Gasteiger partial charge on any atom is 0.336 e. The maximum absolute atomic E-state index is 11.8. The molecular weight excluding hydrogens is 408 g/mol. The Morgan fingerprint density at radius 3 is 2.47 bits per heavy atom. The van der Waals surface area contributed by atoms with Crippen LogP contribution in [0.5, 0.6) is 0 Å². The van der Waals surface area contributed by atoms with E-state index in [0.717, 1.165) is 0 Å². The van der Waals surface area contributed by atoms with Crippen LogP contribution < -0.4 is 22.1 Å². The van der Waals surface area contributed by atoms with Gasteiger partial charge in [-0.2, -0.15) is 10.5 Å². The Bertz CT molecular complexity index is 1370. The third-order valence-electron chi connectivity index (χ3n) is 5.06. The van der Waals surface area contributed by atoms with Gasteiger partial charge in [-0.3, -0.25) is 5.32 Å². The van der Waals surface area contributed by atoms with Gasteiger partial charge in [0.05, 0.1) is 11.3 Å².